The van der Waals surface area contributed by atoms with Gasteiger partial charge in [0.05, 0.1) is 32.4 Å². The van der Waals surface area contributed by atoms with Crippen LogP contribution in [0.2, 0.25) is 0 Å². The standard InChI is InChI=1S/C28H36N2O6/c1-6-17-36-21-12-9-19(10-13-21)25-24(26(31)20-11-14-22(34-4)23(18-20)35-5)27(32)28(33)30(25)16-15-29(7-2)8-3/h9-14,18,25,31H,6-8,15-17H2,1-5H3/t25-/m1/s1. The van der Waals surface area contributed by atoms with E-state index in [2.05, 4.69) is 18.7 Å². The molecule has 1 atom stereocenters. The fraction of sp³-hybridized carbons (Fsp3) is 0.429. The van der Waals surface area contributed by atoms with E-state index >= 15 is 0 Å². The maximum absolute atomic E-state index is 13.3. The fourth-order valence-electron chi connectivity index (χ4n) is 4.35. The molecule has 0 bridgehead atoms. The molecule has 0 aliphatic carbocycles. The van der Waals surface area contributed by atoms with Crippen molar-refractivity contribution in [2.45, 2.75) is 33.2 Å². The Morgan fingerprint density at radius 1 is 0.972 bits per heavy atom. The molecule has 0 radical (unpaired) electrons. The summed E-state index contributed by atoms with van der Waals surface area (Å²) >= 11 is 0. The Labute approximate surface area is 213 Å². The van der Waals surface area contributed by atoms with Crippen LogP contribution in [0.15, 0.2) is 48.0 Å². The van der Waals surface area contributed by atoms with E-state index in [4.69, 9.17) is 14.2 Å². The molecule has 0 unspecified atom stereocenters. The van der Waals surface area contributed by atoms with Crippen molar-refractivity contribution in [3.8, 4) is 17.2 Å². The van der Waals surface area contributed by atoms with E-state index in [-0.39, 0.29) is 11.3 Å². The lowest BCUT2D eigenvalue weighted by molar-refractivity contribution is -0.140. The Morgan fingerprint density at radius 3 is 2.22 bits per heavy atom. The molecule has 1 saturated heterocycles. The third kappa shape index (κ3) is 5.65. The van der Waals surface area contributed by atoms with Gasteiger partial charge in [-0.1, -0.05) is 32.9 Å². The van der Waals surface area contributed by atoms with E-state index in [0.717, 1.165) is 25.1 Å². The van der Waals surface area contributed by atoms with Crippen LogP contribution in [0.1, 0.15) is 44.4 Å². The Kier molecular flexibility index (Phi) is 9.36. The van der Waals surface area contributed by atoms with E-state index in [9.17, 15) is 14.7 Å². The summed E-state index contributed by atoms with van der Waals surface area (Å²) in [7, 11) is 3.02. The minimum absolute atomic E-state index is 0.0500. The summed E-state index contributed by atoms with van der Waals surface area (Å²) in [4.78, 5) is 30.2. The van der Waals surface area contributed by atoms with Crippen LogP contribution in [0.4, 0.5) is 0 Å². The number of likely N-dealkylation sites (tertiary alicyclic amines) is 1. The van der Waals surface area contributed by atoms with Crippen molar-refractivity contribution in [1.82, 2.24) is 9.80 Å². The molecule has 1 aliphatic heterocycles. The average molecular weight is 497 g/mol. The minimum atomic E-state index is -0.728. The summed E-state index contributed by atoms with van der Waals surface area (Å²) in [5.74, 6) is 0.0226. The van der Waals surface area contributed by atoms with Gasteiger partial charge in [0.1, 0.15) is 11.5 Å². The number of benzene rings is 2. The third-order valence-electron chi connectivity index (χ3n) is 6.42. The monoisotopic (exact) mass is 496 g/mol. The maximum Gasteiger partial charge on any atom is 0.295 e. The van der Waals surface area contributed by atoms with Crippen LogP contribution in [-0.2, 0) is 9.59 Å². The molecule has 0 aromatic heterocycles. The second-order valence-electron chi connectivity index (χ2n) is 8.51. The van der Waals surface area contributed by atoms with Gasteiger partial charge in [-0.25, -0.2) is 0 Å². The normalized spacial score (nSPS) is 17.1. The van der Waals surface area contributed by atoms with Crippen molar-refractivity contribution in [3.05, 3.63) is 59.2 Å². The molecule has 1 N–H and O–H groups in total. The number of aliphatic hydroxyl groups is 1. The number of aliphatic hydroxyl groups excluding tert-OH is 1. The van der Waals surface area contributed by atoms with Crippen LogP contribution in [0.3, 0.4) is 0 Å². The molecule has 2 aromatic rings. The van der Waals surface area contributed by atoms with Gasteiger partial charge in [-0.2, -0.15) is 0 Å². The number of hydrogen-bond acceptors (Lipinski definition) is 7. The molecule has 2 aromatic carbocycles. The van der Waals surface area contributed by atoms with Crippen molar-refractivity contribution < 1.29 is 28.9 Å². The lowest BCUT2D eigenvalue weighted by Crippen LogP contribution is -2.38. The zero-order chi connectivity index (χ0) is 26.2. The Morgan fingerprint density at radius 2 is 1.64 bits per heavy atom. The van der Waals surface area contributed by atoms with Crippen molar-refractivity contribution in [1.29, 1.82) is 0 Å². The van der Waals surface area contributed by atoms with Gasteiger partial charge in [0, 0.05) is 18.7 Å². The summed E-state index contributed by atoms with van der Waals surface area (Å²) < 4.78 is 16.4. The van der Waals surface area contributed by atoms with Gasteiger partial charge in [0.2, 0.25) is 0 Å². The summed E-state index contributed by atoms with van der Waals surface area (Å²) in [6, 6.07) is 11.5. The molecule has 194 valence electrons. The molecule has 8 nitrogen and oxygen atoms in total. The number of ketones is 1. The van der Waals surface area contributed by atoms with Crippen LogP contribution >= 0.6 is 0 Å². The highest BCUT2D eigenvalue weighted by molar-refractivity contribution is 6.46. The zero-order valence-electron chi connectivity index (χ0n) is 21.7. The molecular weight excluding hydrogens is 460 g/mol. The van der Waals surface area contributed by atoms with Gasteiger partial charge in [-0.05, 0) is 55.4 Å². The lowest BCUT2D eigenvalue weighted by atomic mass is 9.95. The van der Waals surface area contributed by atoms with Crippen LogP contribution in [0.5, 0.6) is 17.2 Å². The van der Waals surface area contributed by atoms with E-state index in [1.807, 2.05) is 31.2 Å². The molecule has 1 amide bonds. The zero-order valence-corrected chi connectivity index (χ0v) is 21.7. The van der Waals surface area contributed by atoms with Gasteiger partial charge in [-0.15, -0.1) is 0 Å². The largest absolute Gasteiger partial charge is 0.507 e. The summed E-state index contributed by atoms with van der Waals surface area (Å²) in [5.41, 5.74) is 1.14. The molecule has 1 aliphatic rings. The maximum atomic E-state index is 13.3. The van der Waals surface area contributed by atoms with Gasteiger partial charge in [0.15, 0.2) is 11.5 Å². The molecule has 1 fully saturated rings. The molecular formula is C28H36N2O6. The first-order chi connectivity index (χ1) is 17.4. The topological polar surface area (TPSA) is 88.5 Å². The van der Waals surface area contributed by atoms with Crippen LogP contribution in [0.25, 0.3) is 5.76 Å². The van der Waals surface area contributed by atoms with E-state index < -0.39 is 17.7 Å². The van der Waals surface area contributed by atoms with Crippen molar-refractivity contribution in [2.24, 2.45) is 0 Å². The number of carbonyl (C=O) groups is 2. The number of Topliss-reactive ketones (excluding diaryl/α,β-unsaturated/α-hetero) is 1. The lowest BCUT2D eigenvalue weighted by Gasteiger charge is -2.28. The Hall–Kier alpha value is -3.52. The third-order valence-corrected chi connectivity index (χ3v) is 6.42. The SMILES string of the molecule is CCCOc1ccc([C@@H]2C(=C(O)c3ccc(OC)c(OC)c3)C(=O)C(=O)N2CCN(CC)CC)cc1. The smallest absolute Gasteiger partial charge is 0.295 e. The number of rotatable bonds is 12. The number of ether oxygens (including phenoxy) is 3. The number of hydrogen-bond donors (Lipinski definition) is 1. The highest BCUT2D eigenvalue weighted by Crippen LogP contribution is 2.41. The van der Waals surface area contributed by atoms with E-state index in [0.29, 0.717) is 42.5 Å². The minimum Gasteiger partial charge on any atom is -0.507 e. The van der Waals surface area contributed by atoms with Gasteiger partial charge in [0.25, 0.3) is 11.7 Å². The number of nitrogens with zero attached hydrogens (tertiary/aromatic N) is 2. The molecule has 0 saturated carbocycles. The van der Waals surface area contributed by atoms with E-state index in [1.54, 1.807) is 23.1 Å². The average Bonchev–Trinajstić information content (AvgIpc) is 3.16. The van der Waals surface area contributed by atoms with Crippen LogP contribution in [0, 0.1) is 0 Å². The van der Waals surface area contributed by atoms with Crippen molar-refractivity contribution in [2.75, 3.05) is 47.0 Å². The van der Waals surface area contributed by atoms with Crippen molar-refractivity contribution in [3.63, 3.8) is 0 Å². The van der Waals surface area contributed by atoms with E-state index in [1.165, 1.54) is 14.2 Å². The first kappa shape index (κ1) is 27.1. The van der Waals surface area contributed by atoms with Gasteiger partial charge in [-0.3, -0.25) is 9.59 Å². The summed E-state index contributed by atoms with van der Waals surface area (Å²) in [5, 5.41) is 11.3. The highest BCUT2D eigenvalue weighted by atomic mass is 16.5. The second-order valence-corrected chi connectivity index (χ2v) is 8.51. The Balaban J connectivity index is 2.09. The summed E-state index contributed by atoms with van der Waals surface area (Å²) in [6.07, 6.45) is 0.887. The predicted octanol–water partition coefficient (Wildman–Crippen LogP) is 4.26. The number of amides is 1. The quantitative estimate of drug-likeness (QED) is 0.267. The number of methoxy groups -OCH3 is 2. The van der Waals surface area contributed by atoms with Gasteiger partial charge < -0.3 is 29.1 Å². The van der Waals surface area contributed by atoms with Gasteiger partial charge >= 0.3 is 0 Å². The second kappa shape index (κ2) is 12.4. The molecule has 3 rings (SSSR count). The molecule has 0 spiro atoms. The summed E-state index contributed by atoms with van der Waals surface area (Å²) in [6.45, 7) is 9.38. The predicted molar refractivity (Wildman–Crippen MR) is 139 cm³/mol. The Bertz CT molecular complexity index is 1090. The first-order valence-corrected chi connectivity index (χ1v) is 12.4. The first-order valence-electron chi connectivity index (χ1n) is 12.4. The molecule has 36 heavy (non-hydrogen) atoms. The van der Waals surface area contributed by atoms with Crippen LogP contribution < -0.4 is 14.2 Å². The fourth-order valence-corrected chi connectivity index (χ4v) is 4.35. The number of carbonyl (C=O) groups excluding carboxylic acids is 2. The van der Waals surface area contributed by atoms with Crippen LogP contribution in [-0.4, -0.2) is 73.6 Å². The molecule has 1 heterocycles. The van der Waals surface area contributed by atoms with Crippen molar-refractivity contribution >= 4 is 17.4 Å². The highest BCUT2D eigenvalue weighted by Gasteiger charge is 2.46. The number of likely N-dealkylation sites (N-methyl/N-ethyl adjacent to an activating group) is 1. The molecule has 8 heteroatoms.